The molecule has 0 fully saturated rings. The molecule has 0 aliphatic carbocycles. The van der Waals surface area contributed by atoms with Crippen LogP contribution in [0.4, 0.5) is 0 Å². The van der Waals surface area contributed by atoms with Crippen molar-refractivity contribution in [1.29, 1.82) is 0 Å². The molecule has 0 spiro atoms. The van der Waals surface area contributed by atoms with Crippen LogP contribution in [0.25, 0.3) is 0 Å². The van der Waals surface area contributed by atoms with Gasteiger partial charge in [0.2, 0.25) is 0 Å². The summed E-state index contributed by atoms with van der Waals surface area (Å²) in [7, 11) is 1.33. The Hall–Kier alpha value is -1.77. The van der Waals surface area contributed by atoms with Crippen molar-refractivity contribution >= 4 is 5.97 Å². The number of aliphatic hydroxyl groups excluding tert-OH is 1. The van der Waals surface area contributed by atoms with Crippen molar-refractivity contribution in [2.24, 2.45) is 0 Å². The summed E-state index contributed by atoms with van der Waals surface area (Å²) in [4.78, 5) is 10.8. The lowest BCUT2D eigenvalue weighted by molar-refractivity contribution is -0.134. The summed E-state index contributed by atoms with van der Waals surface area (Å²) >= 11 is 0. The molecule has 0 aliphatic rings. The highest BCUT2D eigenvalue weighted by molar-refractivity contribution is 5.82. The maximum atomic E-state index is 10.8. The Morgan fingerprint density at radius 3 is 2.21 bits per heavy atom. The van der Waals surface area contributed by atoms with E-state index in [9.17, 15) is 9.90 Å². The fraction of sp³-hybridized carbons (Fsp3) is 0.571. The maximum Gasteiger partial charge on any atom is 0.330 e. The molecule has 0 aromatic rings. The van der Waals surface area contributed by atoms with Crippen LogP contribution in [-0.2, 0) is 9.53 Å². The van der Waals surface area contributed by atoms with Gasteiger partial charge in [-0.2, -0.15) is 0 Å². The number of methoxy groups -OCH3 is 1. The lowest BCUT2D eigenvalue weighted by atomic mass is 10.1. The zero-order chi connectivity index (χ0) is 17.9. The van der Waals surface area contributed by atoms with Crippen molar-refractivity contribution in [3.63, 3.8) is 0 Å². The number of hydrogen-bond acceptors (Lipinski definition) is 3. The van der Waals surface area contributed by atoms with Crippen LogP contribution in [0, 0.1) is 0 Å². The number of rotatable bonds is 14. The molecule has 1 N–H and O–H groups in total. The second-order valence-corrected chi connectivity index (χ2v) is 5.83. The molecule has 24 heavy (non-hydrogen) atoms. The standard InChI is InChI=1S/C21H34O3/c1-3-4-5-6-7-8-9-10-11-12-13-14-17-20(22)18-15-16-19-21(23)24-2/h10-11,15-19,22H,3-9,12-14H2,1-2H3/b11-10?,18-15?,19-16-,20-17?. The summed E-state index contributed by atoms with van der Waals surface area (Å²) in [5.41, 5.74) is 0. The van der Waals surface area contributed by atoms with Crippen LogP contribution in [0.5, 0.6) is 0 Å². The summed E-state index contributed by atoms with van der Waals surface area (Å²) < 4.78 is 4.46. The van der Waals surface area contributed by atoms with Crippen LogP contribution in [0.1, 0.15) is 71.1 Å². The topological polar surface area (TPSA) is 46.5 Å². The number of unbranched alkanes of at least 4 members (excludes halogenated alkanes) is 8. The van der Waals surface area contributed by atoms with E-state index in [1.54, 1.807) is 24.3 Å². The minimum atomic E-state index is -0.407. The molecular formula is C21H34O3. The van der Waals surface area contributed by atoms with Crippen molar-refractivity contribution in [2.75, 3.05) is 7.11 Å². The summed E-state index contributed by atoms with van der Waals surface area (Å²) in [6, 6.07) is 0. The predicted molar refractivity (Wildman–Crippen MR) is 102 cm³/mol. The van der Waals surface area contributed by atoms with Crippen LogP contribution >= 0.6 is 0 Å². The minimum absolute atomic E-state index is 0.223. The van der Waals surface area contributed by atoms with E-state index < -0.39 is 5.97 Å². The molecule has 0 aromatic heterocycles. The van der Waals surface area contributed by atoms with Crippen molar-refractivity contribution in [3.05, 3.63) is 48.3 Å². The normalized spacial score (nSPS) is 12.7. The van der Waals surface area contributed by atoms with Crippen LogP contribution < -0.4 is 0 Å². The zero-order valence-corrected chi connectivity index (χ0v) is 15.4. The number of carbonyl (C=O) groups is 1. The Bertz CT molecular complexity index is 417. The van der Waals surface area contributed by atoms with Crippen molar-refractivity contribution in [2.45, 2.75) is 71.1 Å². The Morgan fingerprint density at radius 2 is 1.50 bits per heavy atom. The first-order valence-electron chi connectivity index (χ1n) is 9.17. The fourth-order valence-corrected chi connectivity index (χ4v) is 2.19. The predicted octanol–water partition coefficient (Wildman–Crippen LogP) is 6.19. The Labute approximate surface area is 147 Å². The molecule has 0 amide bonds. The van der Waals surface area contributed by atoms with Crippen molar-refractivity contribution < 1.29 is 14.6 Å². The molecule has 0 radical (unpaired) electrons. The zero-order valence-electron chi connectivity index (χ0n) is 15.4. The summed E-state index contributed by atoms with van der Waals surface area (Å²) in [6.45, 7) is 2.25. The molecule has 0 atom stereocenters. The van der Waals surface area contributed by atoms with E-state index in [0.717, 1.165) is 19.3 Å². The Morgan fingerprint density at radius 1 is 0.875 bits per heavy atom. The molecule has 3 heteroatoms. The molecule has 0 unspecified atom stereocenters. The molecule has 136 valence electrons. The lowest BCUT2D eigenvalue weighted by Crippen LogP contribution is -1.92. The van der Waals surface area contributed by atoms with E-state index in [-0.39, 0.29) is 5.76 Å². The molecule has 0 bridgehead atoms. The molecule has 0 aromatic carbocycles. The van der Waals surface area contributed by atoms with Gasteiger partial charge in [-0.25, -0.2) is 4.79 Å². The van der Waals surface area contributed by atoms with E-state index in [1.807, 2.05) is 0 Å². The molecule has 3 nitrogen and oxygen atoms in total. The monoisotopic (exact) mass is 334 g/mol. The van der Waals surface area contributed by atoms with E-state index in [4.69, 9.17) is 0 Å². The second kappa shape index (κ2) is 17.6. The van der Waals surface area contributed by atoms with Gasteiger partial charge in [0.1, 0.15) is 5.76 Å². The number of ether oxygens (including phenoxy) is 1. The molecule has 0 rings (SSSR count). The van der Waals surface area contributed by atoms with Gasteiger partial charge in [-0.3, -0.25) is 0 Å². The third kappa shape index (κ3) is 16.6. The SMILES string of the molecule is CCCCCCCCC=CCCCC=C(O)C=C/C=C\C(=O)OC. The summed E-state index contributed by atoms with van der Waals surface area (Å²) in [5.74, 6) is -0.184. The number of aliphatic hydroxyl groups is 1. The highest BCUT2D eigenvalue weighted by atomic mass is 16.5. The third-order valence-corrected chi connectivity index (χ3v) is 3.63. The van der Waals surface area contributed by atoms with Crippen LogP contribution in [0.15, 0.2) is 48.3 Å². The average molecular weight is 335 g/mol. The first-order valence-corrected chi connectivity index (χ1v) is 9.17. The van der Waals surface area contributed by atoms with E-state index in [0.29, 0.717) is 0 Å². The lowest BCUT2D eigenvalue weighted by Gasteiger charge is -1.97. The van der Waals surface area contributed by atoms with Gasteiger partial charge in [0.25, 0.3) is 0 Å². The second-order valence-electron chi connectivity index (χ2n) is 5.83. The number of carbonyl (C=O) groups excluding carboxylic acids is 1. The van der Waals surface area contributed by atoms with E-state index >= 15 is 0 Å². The quantitative estimate of drug-likeness (QED) is 0.103. The van der Waals surface area contributed by atoms with Crippen molar-refractivity contribution in [1.82, 2.24) is 0 Å². The first kappa shape index (κ1) is 22.2. The number of esters is 1. The van der Waals surface area contributed by atoms with Gasteiger partial charge in [-0.15, -0.1) is 0 Å². The highest BCUT2D eigenvalue weighted by Gasteiger charge is 1.90. The van der Waals surface area contributed by atoms with Crippen molar-refractivity contribution in [3.8, 4) is 0 Å². The van der Waals surface area contributed by atoms with Gasteiger partial charge in [0, 0.05) is 6.08 Å². The summed E-state index contributed by atoms with van der Waals surface area (Å²) in [6.07, 6.45) is 24.5. The average Bonchev–Trinajstić information content (AvgIpc) is 2.59. The molecule has 0 aliphatic heterocycles. The largest absolute Gasteiger partial charge is 0.508 e. The maximum absolute atomic E-state index is 10.8. The van der Waals surface area contributed by atoms with Gasteiger partial charge >= 0.3 is 5.97 Å². The summed E-state index contributed by atoms with van der Waals surface area (Å²) in [5, 5.41) is 9.64. The van der Waals surface area contributed by atoms with Gasteiger partial charge in [-0.05, 0) is 44.3 Å². The minimum Gasteiger partial charge on any atom is -0.508 e. The Kier molecular flexibility index (Phi) is 16.3. The van der Waals surface area contributed by atoms with E-state index in [1.165, 1.54) is 58.1 Å². The van der Waals surface area contributed by atoms with Crippen LogP contribution in [0.2, 0.25) is 0 Å². The molecule has 0 saturated carbocycles. The van der Waals surface area contributed by atoms with E-state index in [2.05, 4.69) is 23.8 Å². The van der Waals surface area contributed by atoms with Gasteiger partial charge < -0.3 is 9.84 Å². The molecule has 0 saturated heterocycles. The van der Waals surface area contributed by atoms with Gasteiger partial charge in [-0.1, -0.05) is 63.3 Å². The highest BCUT2D eigenvalue weighted by Crippen LogP contribution is 2.08. The number of allylic oxidation sites excluding steroid dienone is 6. The molecular weight excluding hydrogens is 300 g/mol. The molecule has 0 heterocycles. The Balaban J connectivity index is 3.59. The van der Waals surface area contributed by atoms with Gasteiger partial charge in [0.15, 0.2) is 0 Å². The smallest absolute Gasteiger partial charge is 0.330 e. The van der Waals surface area contributed by atoms with Crippen LogP contribution in [0.3, 0.4) is 0 Å². The van der Waals surface area contributed by atoms with Gasteiger partial charge in [0.05, 0.1) is 7.11 Å². The fourth-order valence-electron chi connectivity index (χ4n) is 2.19. The number of hydrogen-bond donors (Lipinski definition) is 1. The third-order valence-electron chi connectivity index (χ3n) is 3.63. The first-order chi connectivity index (χ1) is 11.7. The van der Waals surface area contributed by atoms with Crippen LogP contribution in [-0.4, -0.2) is 18.2 Å².